The maximum Gasteiger partial charge on any atom is 0.168 e. The molecule has 0 aliphatic rings. The van der Waals surface area contributed by atoms with E-state index in [1.54, 1.807) is 20.2 Å². The molecule has 0 saturated heterocycles. The van der Waals surface area contributed by atoms with Crippen LogP contribution in [0.5, 0.6) is 5.75 Å². The van der Waals surface area contributed by atoms with Crippen LogP contribution in [0.3, 0.4) is 0 Å². The summed E-state index contributed by atoms with van der Waals surface area (Å²) in [4.78, 5) is 3.97. The molecule has 2 rings (SSSR count). The van der Waals surface area contributed by atoms with E-state index in [1.807, 2.05) is 26.0 Å². The molecule has 0 aliphatic carbocycles. The fourth-order valence-corrected chi connectivity index (χ4v) is 2.42. The first kappa shape index (κ1) is 14.8. The number of anilines is 2. The van der Waals surface area contributed by atoms with Crippen molar-refractivity contribution in [3.8, 4) is 5.75 Å². The first-order valence-electron chi connectivity index (χ1n) is 6.17. The highest BCUT2D eigenvalue weighted by molar-refractivity contribution is 9.10. The Morgan fingerprint density at radius 2 is 1.90 bits per heavy atom. The normalized spacial score (nSPS) is 10.5. The molecule has 106 valence electrons. The summed E-state index contributed by atoms with van der Waals surface area (Å²) in [5.74, 6) is 0.404. The van der Waals surface area contributed by atoms with Crippen molar-refractivity contribution >= 4 is 27.3 Å². The van der Waals surface area contributed by atoms with Gasteiger partial charge in [0.25, 0.3) is 0 Å². The van der Waals surface area contributed by atoms with E-state index in [0.29, 0.717) is 15.9 Å². The minimum Gasteiger partial charge on any atom is -0.496 e. The van der Waals surface area contributed by atoms with Crippen LogP contribution in [0.25, 0.3) is 0 Å². The van der Waals surface area contributed by atoms with E-state index in [9.17, 15) is 4.39 Å². The predicted molar refractivity (Wildman–Crippen MR) is 82.4 cm³/mol. The van der Waals surface area contributed by atoms with Crippen LogP contribution < -0.4 is 10.1 Å². The predicted octanol–water partition coefficient (Wildman–Crippen LogP) is 4.66. The molecular formula is C15H16BrFN2O. The van der Waals surface area contributed by atoms with Crippen LogP contribution >= 0.6 is 15.9 Å². The number of ether oxygens (including phenoxy) is 1. The second-order valence-electron chi connectivity index (χ2n) is 4.59. The van der Waals surface area contributed by atoms with Crippen molar-refractivity contribution in [3.63, 3.8) is 0 Å². The molecule has 0 spiro atoms. The summed E-state index contributed by atoms with van der Waals surface area (Å²) >= 11 is 3.33. The van der Waals surface area contributed by atoms with Crippen LogP contribution in [-0.4, -0.2) is 12.1 Å². The van der Waals surface area contributed by atoms with Crippen molar-refractivity contribution in [3.05, 3.63) is 45.4 Å². The maximum atomic E-state index is 14.2. The van der Waals surface area contributed by atoms with Gasteiger partial charge in [0.1, 0.15) is 5.75 Å². The fourth-order valence-electron chi connectivity index (χ4n) is 2.04. The summed E-state index contributed by atoms with van der Waals surface area (Å²) < 4.78 is 20.1. The molecule has 0 fully saturated rings. The van der Waals surface area contributed by atoms with Gasteiger partial charge in [-0.3, -0.25) is 4.98 Å². The van der Waals surface area contributed by atoms with Gasteiger partial charge < -0.3 is 10.1 Å². The Hall–Kier alpha value is -1.62. The number of hydrogen-bond donors (Lipinski definition) is 1. The molecule has 1 aromatic heterocycles. The quantitative estimate of drug-likeness (QED) is 0.883. The first-order chi connectivity index (χ1) is 9.45. The maximum absolute atomic E-state index is 14.2. The molecule has 0 radical (unpaired) electrons. The van der Waals surface area contributed by atoms with E-state index in [0.717, 1.165) is 22.6 Å². The monoisotopic (exact) mass is 338 g/mol. The van der Waals surface area contributed by atoms with Crippen LogP contribution in [-0.2, 0) is 0 Å². The summed E-state index contributed by atoms with van der Waals surface area (Å²) in [5, 5.41) is 3.15. The number of aromatic nitrogens is 1. The fraction of sp³-hybridized carbons (Fsp3) is 0.267. The van der Waals surface area contributed by atoms with Gasteiger partial charge in [0.2, 0.25) is 0 Å². The molecule has 0 amide bonds. The number of aryl methyl sites for hydroxylation is 2. The highest BCUT2D eigenvalue weighted by atomic mass is 79.9. The van der Waals surface area contributed by atoms with Gasteiger partial charge in [-0.1, -0.05) is 6.07 Å². The lowest BCUT2D eigenvalue weighted by molar-refractivity contribution is 0.412. The zero-order chi connectivity index (χ0) is 14.9. The number of halogens is 2. The highest BCUT2D eigenvalue weighted by Gasteiger charge is 2.15. The highest BCUT2D eigenvalue weighted by Crippen LogP contribution is 2.35. The van der Waals surface area contributed by atoms with Crippen molar-refractivity contribution in [2.45, 2.75) is 20.8 Å². The number of hydrogen-bond acceptors (Lipinski definition) is 3. The summed E-state index contributed by atoms with van der Waals surface area (Å²) in [7, 11) is 1.62. The molecule has 20 heavy (non-hydrogen) atoms. The third-order valence-electron chi connectivity index (χ3n) is 3.24. The largest absolute Gasteiger partial charge is 0.496 e. The van der Waals surface area contributed by atoms with Crippen LogP contribution in [0, 0.1) is 26.6 Å². The van der Waals surface area contributed by atoms with Crippen molar-refractivity contribution < 1.29 is 9.13 Å². The summed E-state index contributed by atoms with van der Waals surface area (Å²) in [6, 6.07) is 3.84. The third-order valence-corrected chi connectivity index (χ3v) is 3.84. The van der Waals surface area contributed by atoms with Gasteiger partial charge in [0, 0.05) is 17.4 Å². The van der Waals surface area contributed by atoms with E-state index >= 15 is 0 Å². The SMILES string of the molecule is COc1ccc(C)c(Nc2c(Br)cnc(C)c2F)c1C. The number of rotatable bonds is 3. The molecule has 0 aliphatic heterocycles. The average Bonchev–Trinajstić information content (AvgIpc) is 2.42. The second kappa shape index (κ2) is 5.79. The lowest BCUT2D eigenvalue weighted by atomic mass is 10.1. The Kier molecular flexibility index (Phi) is 4.28. The lowest BCUT2D eigenvalue weighted by Crippen LogP contribution is -2.03. The first-order valence-corrected chi connectivity index (χ1v) is 6.96. The standard InChI is InChI=1S/C15H16BrFN2O/c1-8-5-6-12(20-4)9(2)14(8)19-15-11(16)7-18-10(3)13(15)17/h5-7H,1-4H3,(H,18,19). The van der Waals surface area contributed by atoms with Gasteiger partial charge in [0.05, 0.1) is 23.0 Å². The van der Waals surface area contributed by atoms with Crippen LogP contribution in [0.1, 0.15) is 16.8 Å². The van der Waals surface area contributed by atoms with Crippen LogP contribution in [0.4, 0.5) is 15.8 Å². The molecule has 0 atom stereocenters. The smallest absolute Gasteiger partial charge is 0.168 e. The van der Waals surface area contributed by atoms with Crippen molar-refractivity contribution in [2.75, 3.05) is 12.4 Å². The second-order valence-corrected chi connectivity index (χ2v) is 5.44. The molecule has 3 nitrogen and oxygen atoms in total. The number of pyridine rings is 1. The summed E-state index contributed by atoms with van der Waals surface area (Å²) in [5.41, 5.74) is 3.54. The van der Waals surface area contributed by atoms with Gasteiger partial charge in [-0.25, -0.2) is 4.39 Å². The number of methoxy groups -OCH3 is 1. The van der Waals surface area contributed by atoms with Crippen molar-refractivity contribution in [1.82, 2.24) is 4.98 Å². The van der Waals surface area contributed by atoms with Crippen molar-refractivity contribution in [1.29, 1.82) is 0 Å². The minimum atomic E-state index is -0.360. The Morgan fingerprint density at radius 1 is 1.20 bits per heavy atom. The zero-order valence-corrected chi connectivity index (χ0v) is 13.4. The Balaban J connectivity index is 2.53. The Bertz CT molecular complexity index is 659. The third kappa shape index (κ3) is 2.63. The van der Waals surface area contributed by atoms with Gasteiger partial charge in [-0.2, -0.15) is 0 Å². The van der Waals surface area contributed by atoms with E-state index in [2.05, 4.69) is 26.2 Å². The van der Waals surface area contributed by atoms with Gasteiger partial charge in [0.15, 0.2) is 5.82 Å². The number of benzene rings is 1. The van der Waals surface area contributed by atoms with Crippen LogP contribution in [0.15, 0.2) is 22.8 Å². The van der Waals surface area contributed by atoms with E-state index in [-0.39, 0.29) is 5.82 Å². The molecule has 0 bridgehead atoms. The molecule has 0 saturated carbocycles. The zero-order valence-electron chi connectivity index (χ0n) is 11.8. The molecular weight excluding hydrogens is 323 g/mol. The summed E-state index contributed by atoms with van der Waals surface area (Å²) in [6.45, 7) is 5.54. The summed E-state index contributed by atoms with van der Waals surface area (Å²) in [6.07, 6.45) is 1.59. The molecule has 2 aromatic rings. The molecule has 0 unspecified atom stereocenters. The van der Waals surface area contributed by atoms with E-state index in [4.69, 9.17) is 4.74 Å². The van der Waals surface area contributed by atoms with E-state index < -0.39 is 0 Å². The average molecular weight is 339 g/mol. The number of nitrogens with one attached hydrogen (secondary N) is 1. The molecule has 5 heteroatoms. The number of nitrogens with zero attached hydrogens (tertiary/aromatic N) is 1. The van der Waals surface area contributed by atoms with E-state index in [1.165, 1.54) is 0 Å². The minimum absolute atomic E-state index is 0.355. The Labute approximate surface area is 126 Å². The van der Waals surface area contributed by atoms with Gasteiger partial charge >= 0.3 is 0 Å². The Morgan fingerprint density at radius 3 is 2.55 bits per heavy atom. The van der Waals surface area contributed by atoms with Gasteiger partial charge in [-0.15, -0.1) is 0 Å². The molecule has 1 N–H and O–H groups in total. The lowest BCUT2D eigenvalue weighted by Gasteiger charge is -2.17. The van der Waals surface area contributed by atoms with Crippen LogP contribution in [0.2, 0.25) is 0 Å². The molecule has 1 heterocycles. The topological polar surface area (TPSA) is 34.1 Å². The molecule has 1 aromatic carbocycles. The van der Waals surface area contributed by atoms with Crippen molar-refractivity contribution in [2.24, 2.45) is 0 Å². The van der Waals surface area contributed by atoms with Gasteiger partial charge in [-0.05, 0) is 48.3 Å².